The van der Waals surface area contributed by atoms with Crippen molar-refractivity contribution in [3.8, 4) is 0 Å². The molecule has 0 unspecified atom stereocenters. The van der Waals surface area contributed by atoms with Crippen LogP contribution in [-0.2, 0) is 15.5 Å². The maximum atomic E-state index is 13.3. The molecule has 1 saturated heterocycles. The van der Waals surface area contributed by atoms with Crippen molar-refractivity contribution >= 4 is 12.6 Å². The predicted molar refractivity (Wildman–Crippen MR) is 74.4 cm³/mol. The molecule has 116 valence electrons. The molecule has 1 aliphatic rings. The molecule has 0 aromatic carbocycles. The van der Waals surface area contributed by atoms with Crippen molar-refractivity contribution in [2.75, 3.05) is 0 Å². The summed E-state index contributed by atoms with van der Waals surface area (Å²) < 4.78 is 51.5. The van der Waals surface area contributed by atoms with E-state index in [1.165, 1.54) is 13.0 Å². The van der Waals surface area contributed by atoms with E-state index >= 15 is 0 Å². The van der Waals surface area contributed by atoms with Gasteiger partial charge >= 0.3 is 13.3 Å². The van der Waals surface area contributed by atoms with Crippen LogP contribution in [0.5, 0.6) is 0 Å². The zero-order valence-corrected chi connectivity index (χ0v) is 13.1. The van der Waals surface area contributed by atoms with Crippen LogP contribution < -0.4 is 5.46 Å². The van der Waals surface area contributed by atoms with Gasteiger partial charge in [-0.05, 0) is 53.1 Å². The lowest BCUT2D eigenvalue weighted by atomic mass is 9.75. The third-order valence-electron chi connectivity index (χ3n) is 4.15. The first-order valence-electron chi connectivity index (χ1n) is 6.76. The highest BCUT2D eigenvalue weighted by Gasteiger charge is 2.54. The third kappa shape index (κ3) is 2.81. The summed E-state index contributed by atoms with van der Waals surface area (Å²) in [5.41, 5.74) is -1.72. The number of rotatable bonds is 1. The Kier molecular flexibility index (Phi) is 3.66. The van der Waals surface area contributed by atoms with Crippen molar-refractivity contribution in [2.45, 2.75) is 58.9 Å². The zero-order valence-electron chi connectivity index (χ0n) is 13.1. The molecule has 2 heterocycles. The number of aromatic nitrogens is 1. The molecule has 0 N–H and O–H groups in total. The zero-order chi connectivity index (χ0) is 16.2. The van der Waals surface area contributed by atoms with Crippen LogP contribution in [0.2, 0.25) is 0 Å². The number of nitrogens with zero attached hydrogens (tertiary/aromatic N) is 1. The summed E-state index contributed by atoms with van der Waals surface area (Å²) in [6.45, 7) is 10.2. The molecule has 1 aliphatic heterocycles. The van der Waals surface area contributed by atoms with E-state index in [1.807, 2.05) is 0 Å². The van der Waals surface area contributed by atoms with Gasteiger partial charge in [0.2, 0.25) is 0 Å². The van der Waals surface area contributed by atoms with Gasteiger partial charge in [0, 0.05) is 11.4 Å². The van der Waals surface area contributed by atoms with Crippen molar-refractivity contribution in [3.05, 3.63) is 23.0 Å². The maximum absolute atomic E-state index is 13.3. The predicted octanol–water partition coefficient (Wildman–Crippen LogP) is 3.02. The van der Waals surface area contributed by atoms with Gasteiger partial charge in [-0.25, -0.2) is 0 Å². The first-order valence-corrected chi connectivity index (χ1v) is 6.76. The molecule has 0 spiro atoms. The van der Waals surface area contributed by atoms with Crippen LogP contribution in [0.25, 0.3) is 0 Å². The quantitative estimate of drug-likeness (QED) is 0.747. The van der Waals surface area contributed by atoms with Gasteiger partial charge in [0.05, 0.1) is 16.8 Å². The van der Waals surface area contributed by atoms with Gasteiger partial charge in [-0.1, -0.05) is 0 Å². The highest BCUT2D eigenvalue weighted by atomic mass is 19.4. The lowest BCUT2D eigenvalue weighted by molar-refractivity contribution is -0.137. The Morgan fingerprint density at radius 2 is 1.52 bits per heavy atom. The van der Waals surface area contributed by atoms with E-state index in [0.29, 0.717) is 5.69 Å². The molecule has 2 rings (SSSR count). The first-order chi connectivity index (χ1) is 9.35. The minimum Gasteiger partial charge on any atom is -0.399 e. The van der Waals surface area contributed by atoms with Crippen LogP contribution >= 0.6 is 0 Å². The Balaban J connectivity index is 2.56. The minimum absolute atomic E-state index is 0.00819. The minimum atomic E-state index is -4.50. The average Bonchev–Trinajstić information content (AvgIpc) is 2.44. The Hall–Kier alpha value is -1.08. The summed E-state index contributed by atoms with van der Waals surface area (Å²) in [5, 5.41) is 0. The Bertz CT molecular complexity index is 554. The molecule has 1 aromatic heterocycles. The topological polar surface area (TPSA) is 31.4 Å². The maximum Gasteiger partial charge on any atom is 0.495 e. The fourth-order valence-corrected chi connectivity index (χ4v) is 2.38. The number of aryl methyl sites for hydroxylation is 2. The van der Waals surface area contributed by atoms with Crippen molar-refractivity contribution in [3.63, 3.8) is 0 Å². The first kappa shape index (κ1) is 16.3. The van der Waals surface area contributed by atoms with Gasteiger partial charge in [-0.3, -0.25) is 4.98 Å². The van der Waals surface area contributed by atoms with E-state index in [0.717, 1.165) is 0 Å². The summed E-state index contributed by atoms with van der Waals surface area (Å²) in [5.74, 6) is 0. The third-order valence-corrected chi connectivity index (χ3v) is 4.15. The van der Waals surface area contributed by atoms with E-state index in [4.69, 9.17) is 9.31 Å². The summed E-state index contributed by atoms with van der Waals surface area (Å²) in [6, 6.07) is 1.39. The summed E-state index contributed by atoms with van der Waals surface area (Å²) >= 11 is 0. The van der Waals surface area contributed by atoms with Crippen LogP contribution in [-0.4, -0.2) is 23.3 Å². The number of pyridine rings is 1. The van der Waals surface area contributed by atoms with Gasteiger partial charge in [-0.2, -0.15) is 13.2 Å². The molecule has 0 aliphatic carbocycles. The molecule has 1 fully saturated rings. The van der Waals surface area contributed by atoms with Crippen molar-refractivity contribution in [1.29, 1.82) is 0 Å². The summed E-state index contributed by atoms with van der Waals surface area (Å²) in [6.07, 6.45) is -4.50. The Morgan fingerprint density at radius 1 is 1.05 bits per heavy atom. The van der Waals surface area contributed by atoms with Gasteiger partial charge in [0.15, 0.2) is 0 Å². The Morgan fingerprint density at radius 3 is 1.95 bits per heavy atom. The smallest absolute Gasteiger partial charge is 0.399 e. The van der Waals surface area contributed by atoms with E-state index in [-0.39, 0.29) is 11.2 Å². The monoisotopic (exact) mass is 301 g/mol. The number of hydrogen-bond donors (Lipinski definition) is 0. The summed E-state index contributed by atoms with van der Waals surface area (Å²) in [7, 11) is -1.05. The number of halogens is 3. The van der Waals surface area contributed by atoms with Crippen LogP contribution in [0.3, 0.4) is 0 Å². The fraction of sp³-hybridized carbons (Fsp3) is 0.643. The Labute approximate surface area is 123 Å². The standard InChI is InChI=1S/C14H19BF3NO2/c1-8-7-10(11(9(2)19-8)14(16,17)18)15-20-12(3,4)13(5,6)21-15/h7H,1-6H3. The van der Waals surface area contributed by atoms with E-state index in [1.54, 1.807) is 34.6 Å². The molecule has 0 radical (unpaired) electrons. The molecular weight excluding hydrogens is 282 g/mol. The lowest BCUT2D eigenvalue weighted by Gasteiger charge is -2.32. The normalized spacial score (nSPS) is 20.9. The summed E-state index contributed by atoms with van der Waals surface area (Å²) in [4.78, 5) is 3.91. The number of hydrogen-bond acceptors (Lipinski definition) is 3. The molecule has 1 aromatic rings. The second kappa shape index (κ2) is 4.71. The van der Waals surface area contributed by atoms with E-state index in [2.05, 4.69) is 4.98 Å². The molecule has 21 heavy (non-hydrogen) atoms. The van der Waals surface area contributed by atoms with Crippen molar-refractivity contribution in [2.24, 2.45) is 0 Å². The average molecular weight is 301 g/mol. The van der Waals surface area contributed by atoms with Gasteiger partial charge in [0.25, 0.3) is 0 Å². The van der Waals surface area contributed by atoms with Crippen LogP contribution in [0.15, 0.2) is 6.07 Å². The number of alkyl halides is 3. The second-order valence-corrected chi connectivity index (χ2v) is 6.40. The second-order valence-electron chi connectivity index (χ2n) is 6.40. The molecule has 3 nitrogen and oxygen atoms in total. The van der Waals surface area contributed by atoms with Crippen molar-refractivity contribution in [1.82, 2.24) is 4.98 Å². The molecular formula is C14H19BF3NO2. The van der Waals surface area contributed by atoms with Crippen molar-refractivity contribution < 1.29 is 22.5 Å². The lowest BCUT2D eigenvalue weighted by Crippen LogP contribution is -2.41. The van der Waals surface area contributed by atoms with Gasteiger partial charge in [-0.15, -0.1) is 0 Å². The highest BCUT2D eigenvalue weighted by Crippen LogP contribution is 2.38. The van der Waals surface area contributed by atoms with E-state index < -0.39 is 30.1 Å². The largest absolute Gasteiger partial charge is 0.495 e. The van der Waals surface area contributed by atoms with Gasteiger partial charge in [0.1, 0.15) is 0 Å². The van der Waals surface area contributed by atoms with E-state index in [9.17, 15) is 13.2 Å². The van der Waals surface area contributed by atoms with Crippen LogP contribution in [0.4, 0.5) is 13.2 Å². The molecule has 0 bridgehead atoms. The van der Waals surface area contributed by atoms with Crippen LogP contribution in [0, 0.1) is 13.8 Å². The van der Waals surface area contributed by atoms with Crippen LogP contribution in [0.1, 0.15) is 44.6 Å². The molecule has 0 saturated carbocycles. The fourth-order valence-electron chi connectivity index (χ4n) is 2.38. The molecule has 7 heteroatoms. The highest BCUT2D eigenvalue weighted by molar-refractivity contribution is 6.62. The molecule has 0 atom stereocenters. The SMILES string of the molecule is Cc1cc(B2OC(C)(C)C(C)(C)O2)c(C(F)(F)F)c(C)n1. The molecule has 0 amide bonds. The van der Waals surface area contributed by atoms with Gasteiger partial charge < -0.3 is 9.31 Å².